The van der Waals surface area contributed by atoms with E-state index in [1.54, 1.807) is 32.4 Å². The highest BCUT2D eigenvalue weighted by molar-refractivity contribution is 5.95. The molecule has 0 aromatic heterocycles. The molecule has 0 aliphatic heterocycles. The first-order chi connectivity index (χ1) is 10.1. The van der Waals surface area contributed by atoms with Crippen molar-refractivity contribution in [1.29, 1.82) is 0 Å². The Kier molecular flexibility index (Phi) is 5.44. The van der Waals surface area contributed by atoms with Gasteiger partial charge >= 0.3 is 0 Å². The van der Waals surface area contributed by atoms with Gasteiger partial charge in [-0.15, -0.1) is 0 Å². The van der Waals surface area contributed by atoms with Crippen LogP contribution in [0.4, 0.5) is 0 Å². The molecule has 5 nitrogen and oxygen atoms in total. The molecule has 1 aliphatic rings. The Balaban J connectivity index is 1.96. The highest BCUT2D eigenvalue weighted by atomic mass is 16.5. The maximum absolute atomic E-state index is 12.2. The van der Waals surface area contributed by atoms with Crippen molar-refractivity contribution in [3.05, 3.63) is 23.8 Å². The zero-order valence-corrected chi connectivity index (χ0v) is 12.6. The van der Waals surface area contributed by atoms with Gasteiger partial charge in [-0.2, -0.15) is 0 Å². The number of hydrogen-bond donors (Lipinski definition) is 2. The van der Waals surface area contributed by atoms with Gasteiger partial charge in [0, 0.05) is 18.2 Å². The minimum absolute atomic E-state index is 0.232. The summed E-state index contributed by atoms with van der Waals surface area (Å²) in [6.45, 7) is 0.281. The lowest BCUT2D eigenvalue weighted by Gasteiger charge is -2.18. The van der Waals surface area contributed by atoms with Gasteiger partial charge in [0.1, 0.15) is 11.5 Å². The van der Waals surface area contributed by atoms with Gasteiger partial charge in [-0.1, -0.05) is 12.8 Å². The van der Waals surface area contributed by atoms with Gasteiger partial charge in [0.2, 0.25) is 0 Å². The van der Waals surface area contributed by atoms with Crippen LogP contribution in [0.25, 0.3) is 0 Å². The lowest BCUT2D eigenvalue weighted by Crippen LogP contribution is -2.35. The molecule has 0 heterocycles. The first-order valence-corrected chi connectivity index (χ1v) is 7.33. The van der Waals surface area contributed by atoms with Gasteiger partial charge in [-0.3, -0.25) is 4.79 Å². The first-order valence-electron chi connectivity index (χ1n) is 7.33. The summed E-state index contributed by atoms with van der Waals surface area (Å²) in [5.41, 5.74) is 0.463. The van der Waals surface area contributed by atoms with Crippen molar-refractivity contribution in [3.8, 4) is 11.5 Å². The Morgan fingerprint density at radius 2 is 1.81 bits per heavy atom. The maximum Gasteiger partial charge on any atom is 0.251 e. The molecule has 21 heavy (non-hydrogen) atoms. The van der Waals surface area contributed by atoms with E-state index in [9.17, 15) is 9.90 Å². The van der Waals surface area contributed by atoms with Gasteiger partial charge in [-0.25, -0.2) is 0 Å². The zero-order valence-electron chi connectivity index (χ0n) is 12.6. The molecule has 1 atom stereocenters. The lowest BCUT2D eigenvalue weighted by atomic mass is 10.0. The SMILES string of the molecule is COc1cc(OC)cc(C(=O)NCC(O)C2CCCC2)c1. The number of ether oxygens (including phenoxy) is 2. The smallest absolute Gasteiger partial charge is 0.251 e. The minimum Gasteiger partial charge on any atom is -0.497 e. The molecular formula is C16H23NO4. The van der Waals surface area contributed by atoms with Crippen molar-refractivity contribution in [2.24, 2.45) is 5.92 Å². The van der Waals surface area contributed by atoms with Crippen LogP contribution in [-0.4, -0.2) is 37.9 Å². The number of aliphatic hydroxyl groups is 1. The molecule has 5 heteroatoms. The van der Waals surface area contributed by atoms with E-state index in [2.05, 4.69) is 5.32 Å². The van der Waals surface area contributed by atoms with Crippen molar-refractivity contribution in [2.45, 2.75) is 31.8 Å². The quantitative estimate of drug-likeness (QED) is 0.841. The molecule has 1 saturated carbocycles. The molecule has 0 saturated heterocycles. The molecule has 0 radical (unpaired) electrons. The fourth-order valence-electron chi connectivity index (χ4n) is 2.75. The second-order valence-corrected chi connectivity index (χ2v) is 5.42. The van der Waals surface area contributed by atoms with Crippen LogP contribution in [0.2, 0.25) is 0 Å². The minimum atomic E-state index is -0.469. The van der Waals surface area contributed by atoms with Crippen LogP contribution >= 0.6 is 0 Å². The van der Waals surface area contributed by atoms with Crippen LogP contribution in [0.3, 0.4) is 0 Å². The molecule has 0 bridgehead atoms. The average molecular weight is 293 g/mol. The van der Waals surface area contributed by atoms with Crippen LogP contribution < -0.4 is 14.8 Å². The summed E-state index contributed by atoms with van der Waals surface area (Å²) in [6, 6.07) is 5.02. The van der Waals surface area contributed by atoms with E-state index in [1.807, 2.05) is 0 Å². The maximum atomic E-state index is 12.2. The second-order valence-electron chi connectivity index (χ2n) is 5.42. The van der Waals surface area contributed by atoms with Crippen molar-refractivity contribution < 1.29 is 19.4 Å². The first kappa shape index (κ1) is 15.6. The number of carbonyl (C=O) groups is 1. The lowest BCUT2D eigenvalue weighted by molar-refractivity contribution is 0.0840. The summed E-state index contributed by atoms with van der Waals surface area (Å²) in [7, 11) is 3.08. The second kappa shape index (κ2) is 7.31. The summed E-state index contributed by atoms with van der Waals surface area (Å²) < 4.78 is 10.3. The standard InChI is InChI=1S/C16H23NO4/c1-20-13-7-12(8-14(9-13)21-2)16(19)17-10-15(18)11-5-3-4-6-11/h7-9,11,15,18H,3-6,10H2,1-2H3,(H,17,19). The molecular weight excluding hydrogens is 270 g/mol. The Bertz CT molecular complexity index is 461. The number of nitrogens with one attached hydrogen (secondary N) is 1. The third-order valence-corrected chi connectivity index (χ3v) is 4.03. The van der Waals surface area contributed by atoms with E-state index in [-0.39, 0.29) is 12.5 Å². The monoisotopic (exact) mass is 293 g/mol. The van der Waals surface area contributed by atoms with Crippen LogP contribution in [-0.2, 0) is 0 Å². The number of amides is 1. The van der Waals surface area contributed by atoms with E-state index < -0.39 is 6.10 Å². The van der Waals surface area contributed by atoms with E-state index in [1.165, 1.54) is 12.8 Å². The molecule has 1 amide bonds. The number of hydrogen-bond acceptors (Lipinski definition) is 4. The van der Waals surface area contributed by atoms with Crippen LogP contribution in [0, 0.1) is 5.92 Å². The topological polar surface area (TPSA) is 67.8 Å². The average Bonchev–Trinajstić information content (AvgIpc) is 3.06. The number of rotatable bonds is 6. The number of carbonyl (C=O) groups excluding carboxylic acids is 1. The summed E-state index contributed by atoms with van der Waals surface area (Å²) in [4.78, 5) is 12.2. The largest absolute Gasteiger partial charge is 0.497 e. The third-order valence-electron chi connectivity index (χ3n) is 4.03. The van der Waals surface area contributed by atoms with Gasteiger partial charge in [0.25, 0.3) is 5.91 Å². The fourth-order valence-corrected chi connectivity index (χ4v) is 2.75. The van der Waals surface area contributed by atoms with Crippen molar-refractivity contribution >= 4 is 5.91 Å². The Hall–Kier alpha value is -1.75. The van der Waals surface area contributed by atoms with Crippen molar-refractivity contribution in [1.82, 2.24) is 5.32 Å². The number of methoxy groups -OCH3 is 2. The van der Waals surface area contributed by atoms with E-state index >= 15 is 0 Å². The zero-order chi connectivity index (χ0) is 15.2. The van der Waals surface area contributed by atoms with Gasteiger partial charge in [-0.05, 0) is 30.9 Å². The van der Waals surface area contributed by atoms with Crippen molar-refractivity contribution in [3.63, 3.8) is 0 Å². The summed E-state index contributed by atoms with van der Waals surface area (Å²) >= 11 is 0. The Morgan fingerprint density at radius 1 is 1.24 bits per heavy atom. The molecule has 1 unspecified atom stereocenters. The van der Waals surface area contributed by atoms with Crippen LogP contribution in [0.15, 0.2) is 18.2 Å². The number of benzene rings is 1. The van der Waals surface area contributed by atoms with Crippen LogP contribution in [0.5, 0.6) is 11.5 Å². The molecule has 1 aromatic carbocycles. The highest BCUT2D eigenvalue weighted by Gasteiger charge is 2.23. The molecule has 1 aromatic rings. The van der Waals surface area contributed by atoms with Gasteiger partial charge in [0.05, 0.1) is 20.3 Å². The fraction of sp³-hybridized carbons (Fsp3) is 0.562. The van der Waals surface area contributed by atoms with E-state index in [0.29, 0.717) is 23.0 Å². The summed E-state index contributed by atoms with van der Waals surface area (Å²) in [6.07, 6.45) is 3.96. The predicted molar refractivity (Wildman–Crippen MR) is 79.8 cm³/mol. The third kappa shape index (κ3) is 4.11. The molecule has 2 N–H and O–H groups in total. The molecule has 116 valence electrons. The van der Waals surface area contributed by atoms with E-state index in [4.69, 9.17) is 9.47 Å². The Labute approximate surface area is 125 Å². The molecule has 0 spiro atoms. The van der Waals surface area contributed by atoms with Gasteiger partial charge < -0.3 is 19.9 Å². The molecule has 1 fully saturated rings. The number of aliphatic hydroxyl groups excluding tert-OH is 1. The highest BCUT2D eigenvalue weighted by Crippen LogP contribution is 2.27. The Morgan fingerprint density at radius 3 is 2.33 bits per heavy atom. The summed E-state index contributed by atoms with van der Waals surface area (Å²) in [5, 5.41) is 12.9. The predicted octanol–water partition coefficient (Wildman–Crippen LogP) is 1.98. The van der Waals surface area contributed by atoms with Crippen molar-refractivity contribution in [2.75, 3.05) is 20.8 Å². The van der Waals surface area contributed by atoms with E-state index in [0.717, 1.165) is 12.8 Å². The summed E-state index contributed by atoms with van der Waals surface area (Å²) in [5.74, 6) is 1.21. The normalized spacial score (nSPS) is 16.5. The molecule has 2 rings (SSSR count). The van der Waals surface area contributed by atoms with Gasteiger partial charge in [0.15, 0.2) is 0 Å². The molecule has 1 aliphatic carbocycles. The van der Waals surface area contributed by atoms with Crippen LogP contribution in [0.1, 0.15) is 36.0 Å².